The Bertz CT molecular complexity index is 1110. The first-order chi connectivity index (χ1) is 17.7. The molecular weight excluding hydrogens is 470 g/mol. The van der Waals surface area contributed by atoms with Gasteiger partial charge in [0.05, 0.1) is 61.2 Å². The van der Waals surface area contributed by atoms with Crippen molar-refractivity contribution in [1.82, 2.24) is 4.98 Å². The van der Waals surface area contributed by atoms with E-state index in [9.17, 15) is 4.79 Å². The fourth-order valence-electron chi connectivity index (χ4n) is 5.54. The summed E-state index contributed by atoms with van der Waals surface area (Å²) in [4.78, 5) is 20.3. The number of hydrogen-bond donors (Lipinski definition) is 1. The van der Waals surface area contributed by atoms with E-state index in [1.807, 2.05) is 50.8 Å². The number of hydrogen-bond acceptors (Lipinski definition) is 7. The van der Waals surface area contributed by atoms with Crippen LogP contribution in [-0.2, 0) is 35.9 Å². The van der Waals surface area contributed by atoms with Crippen molar-refractivity contribution < 1.29 is 23.7 Å². The molecule has 2 saturated heterocycles. The minimum Gasteiger partial charge on any atom is -0.373 e. The molecular formula is C29H39N3O5. The molecule has 0 spiro atoms. The highest BCUT2D eigenvalue weighted by molar-refractivity contribution is 6.01. The average Bonchev–Trinajstić information content (AvgIpc) is 3.15. The van der Waals surface area contributed by atoms with Gasteiger partial charge in [0.15, 0.2) is 0 Å². The fraction of sp³-hybridized carbons (Fsp3) is 0.586. The highest BCUT2D eigenvalue weighted by Gasteiger charge is 2.40. The van der Waals surface area contributed by atoms with Crippen LogP contribution in [0.25, 0.3) is 0 Å². The van der Waals surface area contributed by atoms with Crippen LogP contribution in [0.5, 0.6) is 0 Å². The molecule has 4 atom stereocenters. The molecule has 3 aliphatic heterocycles. The molecule has 1 N–H and O–H groups in total. The van der Waals surface area contributed by atoms with Gasteiger partial charge in [-0.2, -0.15) is 0 Å². The lowest BCUT2D eigenvalue weighted by atomic mass is 9.91. The van der Waals surface area contributed by atoms with Crippen molar-refractivity contribution in [1.29, 1.82) is 0 Å². The van der Waals surface area contributed by atoms with Crippen LogP contribution >= 0.6 is 0 Å². The summed E-state index contributed by atoms with van der Waals surface area (Å²) in [7, 11) is 0. The van der Waals surface area contributed by atoms with Crippen molar-refractivity contribution in [2.75, 3.05) is 23.4 Å². The molecule has 37 heavy (non-hydrogen) atoms. The molecule has 200 valence electrons. The van der Waals surface area contributed by atoms with Crippen LogP contribution in [0, 0.1) is 0 Å². The molecule has 5 rings (SSSR count). The van der Waals surface area contributed by atoms with Gasteiger partial charge >= 0.3 is 0 Å². The SMILES string of the molecule is CC(C)O[C@@H]1CO[C@](C)(c2ccc3c(c2)N(C(=O)[C@H]2CC[C@H](OC(C)C)CO2)Cc2cccnc2N3)C1. The molecule has 0 aliphatic carbocycles. The minimum absolute atomic E-state index is 0.0270. The van der Waals surface area contributed by atoms with Gasteiger partial charge < -0.3 is 29.2 Å². The summed E-state index contributed by atoms with van der Waals surface area (Å²) in [6.45, 7) is 11.6. The van der Waals surface area contributed by atoms with Crippen LogP contribution in [0.15, 0.2) is 36.5 Å². The van der Waals surface area contributed by atoms with Crippen molar-refractivity contribution in [2.45, 2.75) is 96.5 Å². The van der Waals surface area contributed by atoms with Crippen molar-refractivity contribution in [3.63, 3.8) is 0 Å². The maximum absolute atomic E-state index is 14.0. The van der Waals surface area contributed by atoms with E-state index >= 15 is 0 Å². The first-order valence-corrected chi connectivity index (χ1v) is 13.4. The van der Waals surface area contributed by atoms with E-state index in [-0.39, 0.29) is 30.3 Å². The summed E-state index contributed by atoms with van der Waals surface area (Å²) in [5.74, 6) is 0.717. The lowest BCUT2D eigenvalue weighted by Crippen LogP contribution is -2.44. The number of carbonyl (C=O) groups excluding carboxylic acids is 1. The summed E-state index contributed by atoms with van der Waals surface area (Å²) in [6, 6.07) is 10.1. The molecule has 2 aromatic rings. The Morgan fingerprint density at radius 2 is 1.89 bits per heavy atom. The Kier molecular flexibility index (Phi) is 7.54. The predicted molar refractivity (Wildman–Crippen MR) is 142 cm³/mol. The lowest BCUT2D eigenvalue weighted by molar-refractivity contribution is -0.143. The first-order valence-electron chi connectivity index (χ1n) is 13.4. The Morgan fingerprint density at radius 3 is 2.62 bits per heavy atom. The van der Waals surface area contributed by atoms with Crippen LogP contribution in [0.3, 0.4) is 0 Å². The Morgan fingerprint density at radius 1 is 1.11 bits per heavy atom. The smallest absolute Gasteiger partial charge is 0.256 e. The maximum atomic E-state index is 14.0. The van der Waals surface area contributed by atoms with Crippen LogP contribution in [0.1, 0.15) is 65.0 Å². The molecule has 8 nitrogen and oxygen atoms in total. The van der Waals surface area contributed by atoms with Gasteiger partial charge in [-0.25, -0.2) is 4.98 Å². The molecule has 0 saturated carbocycles. The second-order valence-corrected chi connectivity index (χ2v) is 11.1. The van der Waals surface area contributed by atoms with Crippen LogP contribution in [-0.4, -0.2) is 54.6 Å². The summed E-state index contributed by atoms with van der Waals surface area (Å²) in [5, 5.41) is 3.45. The van der Waals surface area contributed by atoms with E-state index in [0.717, 1.165) is 41.2 Å². The summed E-state index contributed by atoms with van der Waals surface area (Å²) in [5.41, 5.74) is 3.13. The zero-order chi connectivity index (χ0) is 26.2. The zero-order valence-corrected chi connectivity index (χ0v) is 22.5. The van der Waals surface area contributed by atoms with Crippen molar-refractivity contribution in [3.8, 4) is 0 Å². The third-order valence-corrected chi connectivity index (χ3v) is 7.28. The number of benzene rings is 1. The number of anilines is 3. The summed E-state index contributed by atoms with van der Waals surface area (Å²) >= 11 is 0. The summed E-state index contributed by atoms with van der Waals surface area (Å²) in [6.07, 6.45) is 3.80. The molecule has 4 heterocycles. The van der Waals surface area contributed by atoms with E-state index in [0.29, 0.717) is 26.2 Å². The van der Waals surface area contributed by atoms with Gasteiger partial charge in [-0.15, -0.1) is 0 Å². The van der Waals surface area contributed by atoms with Gasteiger partial charge in [-0.05, 0) is 71.2 Å². The van der Waals surface area contributed by atoms with E-state index in [1.165, 1.54) is 0 Å². The number of aromatic nitrogens is 1. The second kappa shape index (κ2) is 10.7. The van der Waals surface area contributed by atoms with Gasteiger partial charge in [-0.3, -0.25) is 4.79 Å². The number of amides is 1. The minimum atomic E-state index is -0.510. The predicted octanol–water partition coefficient (Wildman–Crippen LogP) is 5.07. The quantitative estimate of drug-likeness (QED) is 0.582. The number of nitrogens with zero attached hydrogens (tertiary/aromatic N) is 2. The van der Waals surface area contributed by atoms with E-state index in [4.69, 9.17) is 18.9 Å². The molecule has 0 unspecified atom stereocenters. The van der Waals surface area contributed by atoms with E-state index in [1.54, 1.807) is 6.20 Å². The lowest BCUT2D eigenvalue weighted by Gasteiger charge is -2.33. The van der Waals surface area contributed by atoms with E-state index in [2.05, 4.69) is 29.4 Å². The highest BCUT2D eigenvalue weighted by Crippen LogP contribution is 2.43. The van der Waals surface area contributed by atoms with Gasteiger partial charge in [0, 0.05) is 18.2 Å². The zero-order valence-electron chi connectivity index (χ0n) is 22.5. The van der Waals surface area contributed by atoms with E-state index < -0.39 is 11.7 Å². The molecule has 0 radical (unpaired) electrons. The van der Waals surface area contributed by atoms with Crippen molar-refractivity contribution >= 4 is 23.1 Å². The standard InChI is InChI=1S/C29H39N3O5/c1-18(2)36-22-9-11-26(34-16-22)28(33)32-15-20-7-6-12-30-27(20)31-24-10-8-21(13-25(24)32)29(5)14-23(17-35-29)37-19(3)4/h6-8,10,12-13,18-19,22-23,26H,9,11,14-17H2,1-5H3,(H,30,31)/t22-,23-,26+,29-/m0/s1. The number of fused-ring (bicyclic) bond motifs is 2. The number of carbonyl (C=O) groups is 1. The third-order valence-electron chi connectivity index (χ3n) is 7.28. The Balaban J connectivity index is 1.43. The van der Waals surface area contributed by atoms with Crippen LogP contribution in [0.2, 0.25) is 0 Å². The van der Waals surface area contributed by atoms with Crippen LogP contribution < -0.4 is 10.2 Å². The normalized spacial score (nSPS) is 27.5. The van der Waals surface area contributed by atoms with Crippen molar-refractivity contribution in [3.05, 3.63) is 47.7 Å². The molecule has 3 aliphatic rings. The van der Waals surface area contributed by atoms with Gasteiger partial charge in [0.1, 0.15) is 11.9 Å². The summed E-state index contributed by atoms with van der Waals surface area (Å²) < 4.78 is 24.3. The number of nitrogens with one attached hydrogen (secondary N) is 1. The Labute approximate surface area is 219 Å². The van der Waals surface area contributed by atoms with Gasteiger partial charge in [0.25, 0.3) is 5.91 Å². The van der Waals surface area contributed by atoms with Crippen molar-refractivity contribution in [2.24, 2.45) is 0 Å². The molecule has 2 fully saturated rings. The molecule has 8 heteroatoms. The molecule has 0 bridgehead atoms. The topological polar surface area (TPSA) is 82.2 Å². The monoisotopic (exact) mass is 509 g/mol. The first kappa shape index (κ1) is 26.1. The van der Waals surface area contributed by atoms with Crippen LogP contribution in [0.4, 0.5) is 17.2 Å². The van der Waals surface area contributed by atoms with Gasteiger partial charge in [0.2, 0.25) is 0 Å². The number of ether oxygens (including phenoxy) is 4. The molecule has 1 aromatic carbocycles. The third kappa shape index (κ3) is 5.67. The average molecular weight is 510 g/mol. The maximum Gasteiger partial charge on any atom is 0.256 e. The molecule has 1 amide bonds. The molecule has 1 aromatic heterocycles. The highest BCUT2D eigenvalue weighted by atomic mass is 16.6. The number of pyridine rings is 1. The largest absolute Gasteiger partial charge is 0.373 e. The second-order valence-electron chi connectivity index (χ2n) is 11.1. The van der Waals surface area contributed by atoms with Gasteiger partial charge in [-0.1, -0.05) is 12.1 Å². The Hall–Kier alpha value is -2.52. The fourth-order valence-corrected chi connectivity index (χ4v) is 5.54. The number of rotatable bonds is 6.